The molecule has 4 atom stereocenters. The van der Waals surface area contributed by atoms with Crippen molar-refractivity contribution in [2.24, 2.45) is 17.6 Å². The van der Waals surface area contributed by atoms with E-state index in [2.05, 4.69) is 20.9 Å². The third-order valence-corrected chi connectivity index (χ3v) is 9.23. The predicted octanol–water partition coefficient (Wildman–Crippen LogP) is 5.41. The van der Waals surface area contributed by atoms with Gasteiger partial charge in [0.25, 0.3) is 0 Å². The highest BCUT2D eigenvalue weighted by Crippen LogP contribution is 2.26. The molecule has 0 fully saturated rings. The van der Waals surface area contributed by atoms with E-state index >= 15 is 0 Å². The monoisotopic (exact) mass is 697 g/mol. The van der Waals surface area contributed by atoms with Crippen molar-refractivity contribution < 1.29 is 28.3 Å². The van der Waals surface area contributed by atoms with Gasteiger partial charge in [0.1, 0.15) is 17.3 Å². The number of benzene rings is 3. The number of oxazole rings is 1. The lowest BCUT2D eigenvalue weighted by atomic mass is 9.87. The average molecular weight is 698 g/mol. The van der Waals surface area contributed by atoms with Crippen molar-refractivity contribution in [2.75, 3.05) is 13.7 Å². The van der Waals surface area contributed by atoms with Crippen LogP contribution in [0.2, 0.25) is 0 Å². The van der Waals surface area contributed by atoms with Gasteiger partial charge in [0.2, 0.25) is 17.7 Å². The summed E-state index contributed by atoms with van der Waals surface area (Å²) in [6.07, 6.45) is 2.51. The first-order valence-corrected chi connectivity index (χ1v) is 17.8. The largest absolute Gasteiger partial charge is 0.497 e. The van der Waals surface area contributed by atoms with Crippen LogP contribution in [0.25, 0.3) is 11.1 Å². The lowest BCUT2D eigenvalue weighted by Crippen LogP contribution is -2.54. The Labute approximate surface area is 300 Å². The van der Waals surface area contributed by atoms with Gasteiger partial charge in [-0.25, -0.2) is 4.98 Å². The number of carbonyl (C=O) groups is 4. The Morgan fingerprint density at radius 1 is 0.863 bits per heavy atom. The van der Waals surface area contributed by atoms with E-state index in [4.69, 9.17) is 14.9 Å². The van der Waals surface area contributed by atoms with E-state index in [-0.39, 0.29) is 48.7 Å². The molecule has 0 bridgehead atoms. The predicted molar refractivity (Wildman–Crippen MR) is 197 cm³/mol. The number of nitrogens with zero attached hydrogens (tertiary/aromatic N) is 1. The standard InChI is InChI=1S/C40H51N5O6/c1-5-26(3)37(44-40(49)32(42-35(47)6-2)25-36-43-31-21-20-30(50-4)24-34(31)51-36)33(46)23-29(19-13-14-22-41)39(48)45-38(27-15-9-7-10-16-27)28-17-11-8-12-18-28/h7-12,15-18,20-21,24,26,29,32,37-38H,5-6,13-14,19,22-23,25,41H2,1-4H3,(H,42,47)(H,44,49)(H,45,48)/t26-,29+,32-,37-/m0/s1. The number of ketones is 1. The number of methoxy groups -OCH3 is 1. The molecule has 0 spiro atoms. The van der Waals surface area contributed by atoms with Gasteiger partial charge in [-0.15, -0.1) is 0 Å². The number of carbonyl (C=O) groups excluding carboxylic acids is 4. The lowest BCUT2D eigenvalue weighted by molar-refractivity contribution is -0.134. The van der Waals surface area contributed by atoms with Crippen molar-refractivity contribution >= 4 is 34.6 Å². The Morgan fingerprint density at radius 3 is 2.12 bits per heavy atom. The maximum absolute atomic E-state index is 14.1. The van der Waals surface area contributed by atoms with Crippen LogP contribution in [0, 0.1) is 11.8 Å². The Kier molecular flexibility index (Phi) is 14.7. The number of ether oxygens (including phenoxy) is 1. The summed E-state index contributed by atoms with van der Waals surface area (Å²) in [5.74, 6) is -1.40. The topological polar surface area (TPSA) is 166 Å². The van der Waals surface area contributed by atoms with E-state index in [1.54, 1.807) is 32.2 Å². The maximum atomic E-state index is 14.1. The molecule has 0 unspecified atom stereocenters. The van der Waals surface area contributed by atoms with E-state index in [1.807, 2.05) is 74.5 Å². The molecule has 5 N–H and O–H groups in total. The maximum Gasteiger partial charge on any atom is 0.243 e. The zero-order valence-electron chi connectivity index (χ0n) is 30.0. The Balaban J connectivity index is 1.55. The van der Waals surface area contributed by atoms with Gasteiger partial charge in [-0.05, 0) is 48.6 Å². The highest BCUT2D eigenvalue weighted by molar-refractivity contribution is 5.95. The summed E-state index contributed by atoms with van der Waals surface area (Å²) in [7, 11) is 1.55. The average Bonchev–Trinajstić information content (AvgIpc) is 3.57. The Morgan fingerprint density at radius 2 is 1.53 bits per heavy atom. The molecule has 0 aliphatic heterocycles. The molecular weight excluding hydrogens is 646 g/mol. The highest BCUT2D eigenvalue weighted by atomic mass is 16.5. The molecule has 1 heterocycles. The Hall–Kier alpha value is -5.03. The van der Waals surface area contributed by atoms with Crippen molar-refractivity contribution in [1.82, 2.24) is 20.9 Å². The molecule has 11 heteroatoms. The smallest absolute Gasteiger partial charge is 0.243 e. The van der Waals surface area contributed by atoms with Crippen molar-refractivity contribution in [2.45, 2.75) is 83.8 Å². The van der Waals surface area contributed by atoms with Gasteiger partial charge < -0.3 is 30.8 Å². The minimum Gasteiger partial charge on any atom is -0.497 e. The first-order chi connectivity index (χ1) is 24.7. The lowest BCUT2D eigenvalue weighted by Gasteiger charge is -2.28. The number of unbranched alkanes of at least 4 members (excludes halogenated alkanes) is 1. The third kappa shape index (κ3) is 11.0. The molecule has 0 aliphatic rings. The number of hydrogen-bond donors (Lipinski definition) is 4. The molecule has 0 radical (unpaired) electrons. The third-order valence-electron chi connectivity index (χ3n) is 9.23. The van der Waals surface area contributed by atoms with Gasteiger partial charge in [0.15, 0.2) is 17.3 Å². The van der Waals surface area contributed by atoms with Crippen LogP contribution in [0.15, 0.2) is 83.3 Å². The van der Waals surface area contributed by atoms with Crippen LogP contribution in [0.3, 0.4) is 0 Å². The van der Waals surface area contributed by atoms with Crippen LogP contribution in [-0.2, 0) is 25.6 Å². The summed E-state index contributed by atoms with van der Waals surface area (Å²) in [6.45, 7) is 6.00. The van der Waals surface area contributed by atoms with Crippen LogP contribution >= 0.6 is 0 Å². The Bertz CT molecular complexity index is 1690. The number of rotatable bonds is 20. The molecule has 0 saturated heterocycles. The van der Waals surface area contributed by atoms with E-state index in [0.717, 1.165) is 11.1 Å². The summed E-state index contributed by atoms with van der Waals surface area (Å²) < 4.78 is 11.2. The number of nitrogens with two attached hydrogens (primary N) is 1. The van der Waals surface area contributed by atoms with Crippen LogP contribution < -0.4 is 26.4 Å². The van der Waals surface area contributed by atoms with Gasteiger partial charge in [0, 0.05) is 24.8 Å². The molecule has 3 amide bonds. The molecule has 11 nitrogen and oxygen atoms in total. The molecule has 4 rings (SSSR count). The van der Waals surface area contributed by atoms with Gasteiger partial charge in [0.05, 0.1) is 25.6 Å². The van der Waals surface area contributed by atoms with Crippen molar-refractivity contribution in [3.8, 4) is 5.75 Å². The van der Waals surface area contributed by atoms with Gasteiger partial charge in [-0.3, -0.25) is 19.2 Å². The minimum atomic E-state index is -1.05. The first kappa shape index (κ1) is 38.8. The number of hydrogen-bond acceptors (Lipinski definition) is 8. The second-order valence-electron chi connectivity index (χ2n) is 12.9. The molecule has 1 aromatic heterocycles. The summed E-state index contributed by atoms with van der Waals surface area (Å²) in [5.41, 5.74) is 8.70. The minimum absolute atomic E-state index is 0.0273. The fourth-order valence-corrected chi connectivity index (χ4v) is 6.02. The highest BCUT2D eigenvalue weighted by Gasteiger charge is 2.34. The van der Waals surface area contributed by atoms with Crippen LogP contribution in [0.1, 0.15) is 82.4 Å². The van der Waals surface area contributed by atoms with Crippen LogP contribution in [0.4, 0.5) is 0 Å². The second kappa shape index (κ2) is 19.4. The molecular formula is C40H51N5O6. The van der Waals surface area contributed by atoms with E-state index in [1.165, 1.54) is 0 Å². The van der Waals surface area contributed by atoms with E-state index in [0.29, 0.717) is 49.1 Å². The van der Waals surface area contributed by atoms with Crippen molar-refractivity contribution in [3.05, 3.63) is 95.9 Å². The number of Topliss-reactive ketones (excluding diaryl/α,β-unsaturated/α-hetero) is 1. The van der Waals surface area contributed by atoms with Crippen molar-refractivity contribution in [3.63, 3.8) is 0 Å². The normalized spacial score (nSPS) is 13.6. The summed E-state index contributed by atoms with van der Waals surface area (Å²) >= 11 is 0. The van der Waals surface area contributed by atoms with E-state index in [9.17, 15) is 19.2 Å². The summed E-state index contributed by atoms with van der Waals surface area (Å²) in [5, 5.41) is 8.91. The molecule has 4 aromatic rings. The fraction of sp³-hybridized carbons (Fsp3) is 0.425. The SMILES string of the molecule is CCC(=O)N[C@@H](Cc1nc2ccc(OC)cc2o1)C(=O)N[C@H](C(=O)C[C@@H](CCCCN)C(=O)NC(c1ccccc1)c1ccccc1)[C@@H](C)CC. The number of fused-ring (bicyclic) bond motifs is 1. The quantitative estimate of drug-likeness (QED) is 0.0890. The van der Waals surface area contributed by atoms with E-state index < -0.39 is 30.0 Å². The molecule has 0 aliphatic carbocycles. The van der Waals surface area contributed by atoms with Gasteiger partial charge in [-0.1, -0.05) is 94.3 Å². The summed E-state index contributed by atoms with van der Waals surface area (Å²) in [6, 6.07) is 22.3. The molecule has 0 saturated carbocycles. The zero-order chi connectivity index (χ0) is 36.8. The summed E-state index contributed by atoms with van der Waals surface area (Å²) in [4.78, 5) is 59.1. The second-order valence-corrected chi connectivity index (χ2v) is 12.9. The van der Waals surface area contributed by atoms with Gasteiger partial charge >= 0.3 is 0 Å². The first-order valence-electron chi connectivity index (χ1n) is 17.8. The fourth-order valence-electron chi connectivity index (χ4n) is 6.02. The molecule has 272 valence electrons. The zero-order valence-corrected chi connectivity index (χ0v) is 30.0. The molecule has 51 heavy (non-hydrogen) atoms. The number of aromatic nitrogens is 1. The van der Waals surface area contributed by atoms with Gasteiger partial charge in [-0.2, -0.15) is 0 Å². The number of nitrogens with one attached hydrogen (secondary N) is 3. The van der Waals surface area contributed by atoms with Crippen molar-refractivity contribution in [1.29, 1.82) is 0 Å². The molecule has 3 aromatic carbocycles. The number of amides is 3. The van der Waals surface area contributed by atoms with Crippen LogP contribution in [0.5, 0.6) is 5.75 Å². The van der Waals surface area contributed by atoms with Crippen LogP contribution in [-0.4, -0.2) is 54.2 Å².